The van der Waals surface area contributed by atoms with Crippen LogP contribution in [-0.4, -0.2) is 23.5 Å². The van der Waals surface area contributed by atoms with Gasteiger partial charge in [0.2, 0.25) is 0 Å². The maximum atomic E-state index is 12.7. The van der Waals surface area contributed by atoms with E-state index in [9.17, 15) is 4.79 Å². The molecule has 1 aromatic heterocycles. The molecule has 2 atom stereocenters. The van der Waals surface area contributed by atoms with Gasteiger partial charge in [-0.3, -0.25) is 4.79 Å². The number of thiophene rings is 1. The molecule has 1 aliphatic heterocycles. The molecular formula is C17H18ClNO2S. The highest BCUT2D eigenvalue weighted by atomic mass is 35.5. The van der Waals surface area contributed by atoms with Crippen LogP contribution in [-0.2, 0) is 4.79 Å². The summed E-state index contributed by atoms with van der Waals surface area (Å²) in [6.07, 6.45) is 1.55. The standard InChI is InChI=1S/C17H18ClNO2S/c1-12(21-14-6-2-5-13(18)11-14)17(20)19-9-3-7-15(19)16-8-4-10-22-16/h2,4-6,8,10-12,15H,3,7,9H2,1H3. The Hall–Kier alpha value is -1.52. The second-order valence-corrected chi connectivity index (χ2v) is 6.84. The average molecular weight is 336 g/mol. The zero-order valence-corrected chi connectivity index (χ0v) is 13.9. The van der Waals surface area contributed by atoms with Crippen LogP contribution in [0.3, 0.4) is 0 Å². The number of rotatable bonds is 4. The first-order valence-corrected chi connectivity index (χ1v) is 8.67. The summed E-state index contributed by atoms with van der Waals surface area (Å²) < 4.78 is 5.76. The molecule has 0 aliphatic carbocycles. The van der Waals surface area contributed by atoms with Crippen LogP contribution in [0, 0.1) is 0 Å². The number of carbonyl (C=O) groups excluding carboxylic acids is 1. The van der Waals surface area contributed by atoms with Crippen molar-refractivity contribution < 1.29 is 9.53 Å². The number of halogens is 1. The van der Waals surface area contributed by atoms with E-state index in [1.165, 1.54) is 4.88 Å². The normalized spacial score (nSPS) is 19.2. The van der Waals surface area contributed by atoms with E-state index in [-0.39, 0.29) is 11.9 Å². The second-order valence-electron chi connectivity index (χ2n) is 5.42. The summed E-state index contributed by atoms with van der Waals surface area (Å²) in [6.45, 7) is 2.59. The van der Waals surface area contributed by atoms with Gasteiger partial charge >= 0.3 is 0 Å². The van der Waals surface area contributed by atoms with E-state index < -0.39 is 6.10 Å². The molecule has 1 aliphatic rings. The number of carbonyl (C=O) groups is 1. The topological polar surface area (TPSA) is 29.5 Å². The number of hydrogen-bond donors (Lipinski definition) is 0. The lowest BCUT2D eigenvalue weighted by Gasteiger charge is -2.27. The van der Waals surface area contributed by atoms with E-state index in [4.69, 9.17) is 16.3 Å². The van der Waals surface area contributed by atoms with Gasteiger partial charge in [-0.1, -0.05) is 23.7 Å². The van der Waals surface area contributed by atoms with Crippen molar-refractivity contribution in [2.24, 2.45) is 0 Å². The molecular weight excluding hydrogens is 318 g/mol. The third-order valence-corrected chi connectivity index (χ3v) is 5.07. The maximum Gasteiger partial charge on any atom is 0.263 e. The summed E-state index contributed by atoms with van der Waals surface area (Å²) in [5.41, 5.74) is 0. The maximum absolute atomic E-state index is 12.7. The quantitative estimate of drug-likeness (QED) is 0.821. The minimum absolute atomic E-state index is 0.0378. The van der Waals surface area contributed by atoms with Crippen LogP contribution < -0.4 is 4.74 Å². The van der Waals surface area contributed by atoms with Crippen molar-refractivity contribution >= 4 is 28.8 Å². The lowest BCUT2D eigenvalue weighted by molar-refractivity contribution is -0.138. The predicted molar refractivity (Wildman–Crippen MR) is 89.5 cm³/mol. The van der Waals surface area contributed by atoms with Crippen molar-refractivity contribution in [3.8, 4) is 5.75 Å². The Morgan fingerprint density at radius 3 is 3.00 bits per heavy atom. The van der Waals surface area contributed by atoms with E-state index in [0.29, 0.717) is 10.8 Å². The largest absolute Gasteiger partial charge is 0.481 e. The van der Waals surface area contributed by atoms with Gasteiger partial charge < -0.3 is 9.64 Å². The Balaban J connectivity index is 1.70. The van der Waals surface area contributed by atoms with E-state index >= 15 is 0 Å². The minimum Gasteiger partial charge on any atom is -0.481 e. The van der Waals surface area contributed by atoms with Crippen molar-refractivity contribution in [3.63, 3.8) is 0 Å². The molecule has 2 heterocycles. The number of ether oxygens (including phenoxy) is 1. The summed E-state index contributed by atoms with van der Waals surface area (Å²) in [5, 5.41) is 2.66. The van der Waals surface area contributed by atoms with Crippen LogP contribution in [0.1, 0.15) is 30.7 Å². The zero-order chi connectivity index (χ0) is 15.5. The molecule has 2 unspecified atom stereocenters. The van der Waals surface area contributed by atoms with Crippen LogP contribution in [0.4, 0.5) is 0 Å². The van der Waals surface area contributed by atoms with Crippen LogP contribution in [0.15, 0.2) is 41.8 Å². The number of amides is 1. The van der Waals surface area contributed by atoms with Gasteiger partial charge in [-0.15, -0.1) is 11.3 Å². The number of nitrogens with zero attached hydrogens (tertiary/aromatic N) is 1. The van der Waals surface area contributed by atoms with Crippen LogP contribution in [0.2, 0.25) is 5.02 Å². The molecule has 2 aromatic rings. The highest BCUT2D eigenvalue weighted by Crippen LogP contribution is 2.35. The van der Waals surface area contributed by atoms with Crippen molar-refractivity contribution in [2.45, 2.75) is 31.9 Å². The SMILES string of the molecule is CC(Oc1cccc(Cl)c1)C(=O)N1CCCC1c1cccs1. The molecule has 3 rings (SSSR count). The first kappa shape index (κ1) is 15.4. The Morgan fingerprint density at radius 1 is 1.41 bits per heavy atom. The number of likely N-dealkylation sites (tertiary alicyclic amines) is 1. The first-order chi connectivity index (χ1) is 10.6. The summed E-state index contributed by atoms with van der Waals surface area (Å²) in [7, 11) is 0. The molecule has 0 bridgehead atoms. The van der Waals surface area contributed by atoms with E-state index in [0.717, 1.165) is 19.4 Å². The third kappa shape index (κ3) is 3.28. The van der Waals surface area contributed by atoms with E-state index in [1.807, 2.05) is 23.1 Å². The van der Waals surface area contributed by atoms with E-state index in [1.54, 1.807) is 30.4 Å². The fourth-order valence-electron chi connectivity index (χ4n) is 2.84. The highest BCUT2D eigenvalue weighted by Gasteiger charge is 2.33. The lowest BCUT2D eigenvalue weighted by atomic mass is 10.2. The average Bonchev–Trinajstić information content (AvgIpc) is 3.17. The van der Waals surface area contributed by atoms with Gasteiger partial charge in [0.1, 0.15) is 5.75 Å². The monoisotopic (exact) mass is 335 g/mol. The summed E-state index contributed by atoms with van der Waals surface area (Å²) in [4.78, 5) is 15.9. The van der Waals surface area contributed by atoms with Gasteiger partial charge in [0, 0.05) is 16.4 Å². The highest BCUT2D eigenvalue weighted by molar-refractivity contribution is 7.10. The third-order valence-electron chi connectivity index (χ3n) is 3.86. The molecule has 1 saturated heterocycles. The van der Waals surface area contributed by atoms with Crippen molar-refractivity contribution in [1.82, 2.24) is 4.90 Å². The Bertz CT molecular complexity index is 644. The Morgan fingerprint density at radius 2 is 2.27 bits per heavy atom. The van der Waals surface area contributed by atoms with Gasteiger partial charge in [-0.2, -0.15) is 0 Å². The van der Waals surface area contributed by atoms with Crippen molar-refractivity contribution in [2.75, 3.05) is 6.54 Å². The summed E-state index contributed by atoms with van der Waals surface area (Å²) in [6, 6.07) is 11.5. The molecule has 3 nitrogen and oxygen atoms in total. The lowest BCUT2D eigenvalue weighted by Crippen LogP contribution is -2.39. The predicted octanol–water partition coefficient (Wildman–Crippen LogP) is 4.53. The minimum atomic E-state index is -0.515. The van der Waals surface area contributed by atoms with Crippen molar-refractivity contribution in [1.29, 1.82) is 0 Å². The van der Waals surface area contributed by atoms with Crippen LogP contribution in [0.5, 0.6) is 5.75 Å². The molecule has 0 radical (unpaired) electrons. The van der Waals surface area contributed by atoms with Gasteiger partial charge in [-0.05, 0) is 49.4 Å². The smallest absolute Gasteiger partial charge is 0.263 e. The fraction of sp³-hybridized carbons (Fsp3) is 0.353. The fourth-order valence-corrected chi connectivity index (χ4v) is 3.89. The van der Waals surface area contributed by atoms with Gasteiger partial charge in [0.25, 0.3) is 5.91 Å². The summed E-state index contributed by atoms with van der Waals surface area (Å²) >= 11 is 7.66. The van der Waals surface area contributed by atoms with Crippen LogP contribution in [0.25, 0.3) is 0 Å². The van der Waals surface area contributed by atoms with Gasteiger partial charge in [-0.25, -0.2) is 0 Å². The molecule has 5 heteroatoms. The molecule has 0 N–H and O–H groups in total. The summed E-state index contributed by atoms with van der Waals surface area (Å²) in [5.74, 6) is 0.663. The van der Waals surface area contributed by atoms with Gasteiger partial charge in [0.15, 0.2) is 6.10 Å². The number of benzene rings is 1. The van der Waals surface area contributed by atoms with Gasteiger partial charge in [0.05, 0.1) is 6.04 Å². The van der Waals surface area contributed by atoms with E-state index in [2.05, 4.69) is 11.4 Å². The van der Waals surface area contributed by atoms with Crippen molar-refractivity contribution in [3.05, 3.63) is 51.7 Å². The first-order valence-electron chi connectivity index (χ1n) is 7.41. The molecule has 1 fully saturated rings. The molecule has 116 valence electrons. The number of hydrogen-bond acceptors (Lipinski definition) is 3. The molecule has 0 spiro atoms. The second kappa shape index (κ2) is 6.71. The Kier molecular flexibility index (Phi) is 4.69. The molecule has 22 heavy (non-hydrogen) atoms. The molecule has 1 amide bonds. The zero-order valence-electron chi connectivity index (χ0n) is 12.4. The van der Waals surface area contributed by atoms with Crippen LogP contribution >= 0.6 is 22.9 Å². The Labute approximate surface area is 139 Å². The molecule has 0 saturated carbocycles. The molecule has 1 aromatic carbocycles.